The highest BCUT2D eigenvalue weighted by Gasteiger charge is 2.44. The molecule has 0 saturated carbocycles. The second-order valence-electron chi connectivity index (χ2n) is 6.88. The van der Waals surface area contributed by atoms with E-state index in [1.54, 1.807) is 0 Å². The molecular formula is C18H33O9P. The zero-order valence-electron chi connectivity index (χ0n) is 16.4. The van der Waals surface area contributed by atoms with Gasteiger partial charge >= 0.3 is 13.8 Å². The molecule has 1 heterocycles. The third-order valence-electron chi connectivity index (χ3n) is 4.40. The molecule has 1 aliphatic heterocycles. The van der Waals surface area contributed by atoms with Crippen LogP contribution in [0.15, 0.2) is 11.5 Å². The predicted octanol–water partition coefficient (Wildman–Crippen LogP) is 2.52. The van der Waals surface area contributed by atoms with Crippen LogP contribution in [0.1, 0.15) is 71.1 Å². The molecule has 0 fully saturated rings. The Bertz CT molecular complexity index is 543. The zero-order chi connectivity index (χ0) is 21.0. The molecular weight excluding hydrogens is 391 g/mol. The summed E-state index contributed by atoms with van der Waals surface area (Å²) in [6.45, 7) is 1.65. The lowest BCUT2D eigenvalue weighted by Gasteiger charge is -2.18. The minimum absolute atomic E-state index is 0.172. The van der Waals surface area contributed by atoms with E-state index in [0.29, 0.717) is 6.42 Å². The van der Waals surface area contributed by atoms with Gasteiger partial charge in [0.05, 0.1) is 13.2 Å². The van der Waals surface area contributed by atoms with Crippen molar-refractivity contribution in [1.82, 2.24) is 0 Å². The van der Waals surface area contributed by atoms with Crippen LogP contribution in [0.25, 0.3) is 0 Å². The first kappa shape index (κ1) is 24.9. The zero-order valence-corrected chi connectivity index (χ0v) is 17.3. The molecule has 9 nitrogen and oxygen atoms in total. The lowest BCUT2D eigenvalue weighted by molar-refractivity contribution is -0.148. The van der Waals surface area contributed by atoms with Crippen molar-refractivity contribution in [1.29, 1.82) is 0 Å². The van der Waals surface area contributed by atoms with Crippen LogP contribution < -0.4 is 0 Å². The Labute approximate surface area is 165 Å². The average Bonchev–Trinajstić information content (AvgIpc) is 2.93. The van der Waals surface area contributed by atoms with Gasteiger partial charge in [-0.3, -0.25) is 9.79 Å². The molecule has 164 valence electrons. The summed E-state index contributed by atoms with van der Waals surface area (Å²) in [6.07, 6.45) is 8.44. The third-order valence-corrected chi connectivity index (χ3v) is 4.82. The first-order valence-corrected chi connectivity index (χ1v) is 11.4. The Hall–Kier alpha value is -1.12. The summed E-state index contributed by atoms with van der Waals surface area (Å²) in [6, 6.07) is 0. The molecule has 28 heavy (non-hydrogen) atoms. The Morgan fingerprint density at radius 1 is 1.04 bits per heavy atom. The number of ether oxygens (including phenoxy) is 2. The van der Waals surface area contributed by atoms with Crippen LogP contribution in [0.4, 0.5) is 0 Å². The summed E-state index contributed by atoms with van der Waals surface area (Å²) < 4.78 is 25.7. The lowest BCUT2D eigenvalue weighted by atomic mass is 10.1. The molecule has 1 aliphatic rings. The highest BCUT2D eigenvalue weighted by atomic mass is 31.2. The van der Waals surface area contributed by atoms with Crippen LogP contribution in [0.5, 0.6) is 0 Å². The monoisotopic (exact) mass is 424 g/mol. The number of phosphoric ester groups is 1. The van der Waals surface area contributed by atoms with Crippen molar-refractivity contribution in [2.24, 2.45) is 0 Å². The highest BCUT2D eigenvalue weighted by molar-refractivity contribution is 7.46. The van der Waals surface area contributed by atoms with E-state index < -0.39 is 38.4 Å². The maximum absolute atomic E-state index is 11.8. The molecule has 0 radical (unpaired) electrons. The molecule has 0 aromatic carbocycles. The van der Waals surface area contributed by atoms with Crippen molar-refractivity contribution in [3.8, 4) is 0 Å². The van der Waals surface area contributed by atoms with Gasteiger partial charge in [-0.15, -0.1) is 0 Å². The van der Waals surface area contributed by atoms with Gasteiger partial charge in [0, 0.05) is 0 Å². The van der Waals surface area contributed by atoms with Gasteiger partial charge in [-0.1, -0.05) is 64.7 Å². The van der Waals surface area contributed by atoms with E-state index in [4.69, 9.17) is 24.4 Å². The Morgan fingerprint density at radius 2 is 1.57 bits per heavy atom. The van der Waals surface area contributed by atoms with Crippen molar-refractivity contribution in [3.63, 3.8) is 0 Å². The van der Waals surface area contributed by atoms with Crippen LogP contribution in [0, 0.1) is 0 Å². The van der Waals surface area contributed by atoms with Gasteiger partial charge in [-0.05, 0) is 6.42 Å². The second-order valence-corrected chi connectivity index (χ2v) is 8.05. The summed E-state index contributed by atoms with van der Waals surface area (Å²) in [5.74, 6) is -2.22. The first-order valence-electron chi connectivity index (χ1n) is 9.92. The molecule has 0 amide bonds. The SMILES string of the molecule is CCCCCCCCCCCCOC1=C(OP(=O)(O)O)C(=O)O[C@@H]1[C@@H](O)CO. The fourth-order valence-electron chi connectivity index (χ4n) is 2.92. The average molecular weight is 424 g/mol. The summed E-state index contributed by atoms with van der Waals surface area (Å²) in [5, 5.41) is 18.8. The number of phosphoric acid groups is 1. The van der Waals surface area contributed by atoms with Crippen molar-refractivity contribution < 1.29 is 43.4 Å². The maximum atomic E-state index is 11.8. The van der Waals surface area contributed by atoms with Gasteiger partial charge in [0.1, 0.15) is 6.10 Å². The van der Waals surface area contributed by atoms with Crippen molar-refractivity contribution >= 4 is 13.8 Å². The minimum Gasteiger partial charge on any atom is -0.490 e. The molecule has 0 bridgehead atoms. The number of rotatable bonds is 16. The number of hydrogen-bond acceptors (Lipinski definition) is 7. The quantitative estimate of drug-likeness (QED) is 0.167. The van der Waals surface area contributed by atoms with Crippen LogP contribution in [0.3, 0.4) is 0 Å². The molecule has 0 spiro atoms. The standard InChI is InChI=1S/C18H33O9P/c1-2-3-4-5-6-7-8-9-10-11-12-25-16-15(14(20)13-19)26-18(21)17(16)27-28(22,23)24/h14-15,19-20H,2-13H2,1H3,(H2,22,23,24)/t14-,15+/m0/s1. The summed E-state index contributed by atoms with van der Waals surface area (Å²) in [5.41, 5.74) is 0. The largest absolute Gasteiger partial charge is 0.525 e. The van der Waals surface area contributed by atoms with E-state index in [2.05, 4.69) is 11.4 Å². The van der Waals surface area contributed by atoms with E-state index in [-0.39, 0.29) is 12.4 Å². The predicted molar refractivity (Wildman–Crippen MR) is 101 cm³/mol. The van der Waals surface area contributed by atoms with Gasteiger partial charge in [-0.25, -0.2) is 9.36 Å². The van der Waals surface area contributed by atoms with Crippen molar-refractivity contribution in [3.05, 3.63) is 11.5 Å². The van der Waals surface area contributed by atoms with Crippen LogP contribution in [-0.4, -0.2) is 51.4 Å². The minimum atomic E-state index is -5.01. The number of esters is 1. The summed E-state index contributed by atoms with van der Waals surface area (Å²) in [7, 11) is -5.01. The number of hydrogen-bond donors (Lipinski definition) is 4. The Kier molecular flexibility index (Phi) is 11.7. The topological polar surface area (TPSA) is 143 Å². The van der Waals surface area contributed by atoms with Crippen LogP contribution in [0.2, 0.25) is 0 Å². The van der Waals surface area contributed by atoms with Crippen LogP contribution >= 0.6 is 7.82 Å². The normalized spacial score (nSPS) is 18.3. The van der Waals surface area contributed by atoms with Gasteiger partial charge in [0.2, 0.25) is 0 Å². The number of aliphatic hydroxyl groups is 2. The van der Waals surface area contributed by atoms with Crippen molar-refractivity contribution in [2.45, 2.75) is 83.3 Å². The molecule has 0 saturated heterocycles. The summed E-state index contributed by atoms with van der Waals surface area (Å²) >= 11 is 0. The van der Waals surface area contributed by atoms with E-state index in [1.807, 2.05) is 0 Å². The maximum Gasteiger partial charge on any atom is 0.525 e. The van der Waals surface area contributed by atoms with Gasteiger partial charge in [0.15, 0.2) is 11.9 Å². The molecule has 1 rings (SSSR count). The van der Waals surface area contributed by atoms with Gasteiger partial charge in [0.25, 0.3) is 5.76 Å². The fourth-order valence-corrected chi connectivity index (χ4v) is 3.32. The van der Waals surface area contributed by atoms with Crippen LogP contribution in [-0.2, 0) is 23.4 Å². The Balaban J connectivity index is 2.40. The summed E-state index contributed by atoms with van der Waals surface area (Å²) in [4.78, 5) is 29.6. The molecule has 0 aromatic rings. The van der Waals surface area contributed by atoms with Gasteiger partial charge in [-0.2, -0.15) is 0 Å². The van der Waals surface area contributed by atoms with Crippen molar-refractivity contribution in [2.75, 3.05) is 13.2 Å². The molecule has 0 aliphatic carbocycles. The number of carbonyl (C=O) groups excluding carboxylic acids is 1. The lowest BCUT2D eigenvalue weighted by Crippen LogP contribution is -2.32. The first-order chi connectivity index (χ1) is 13.3. The number of cyclic esters (lactones) is 1. The number of aliphatic hydroxyl groups excluding tert-OH is 2. The molecule has 4 N–H and O–H groups in total. The molecule has 2 atom stereocenters. The van der Waals surface area contributed by atoms with Gasteiger partial charge < -0.3 is 24.2 Å². The molecule has 0 unspecified atom stereocenters. The smallest absolute Gasteiger partial charge is 0.490 e. The number of carbonyl (C=O) groups is 1. The van der Waals surface area contributed by atoms with E-state index in [0.717, 1.165) is 19.3 Å². The highest BCUT2D eigenvalue weighted by Crippen LogP contribution is 2.42. The molecule has 10 heteroatoms. The van der Waals surface area contributed by atoms with E-state index in [9.17, 15) is 14.5 Å². The third kappa shape index (κ3) is 9.39. The molecule has 0 aromatic heterocycles. The fraction of sp³-hybridized carbons (Fsp3) is 0.833. The second kappa shape index (κ2) is 13.2. The van der Waals surface area contributed by atoms with E-state index in [1.165, 1.54) is 38.5 Å². The number of unbranched alkanes of at least 4 members (excludes halogenated alkanes) is 9. The van der Waals surface area contributed by atoms with E-state index >= 15 is 0 Å². The Morgan fingerprint density at radius 3 is 2.07 bits per heavy atom.